The molecule has 28 heavy (non-hydrogen) atoms. The Labute approximate surface area is 169 Å². The molecule has 1 aromatic carbocycles. The SMILES string of the molecule is CC1CC(C)CN(CCNC(=O)C(c2ccccc2)N2CCS(=O)(=O)CC2)C1. The van der Waals surface area contributed by atoms with Gasteiger partial charge in [0, 0.05) is 39.3 Å². The van der Waals surface area contributed by atoms with E-state index in [4.69, 9.17) is 0 Å². The summed E-state index contributed by atoms with van der Waals surface area (Å²) in [6, 6.07) is 9.23. The van der Waals surface area contributed by atoms with Crippen LogP contribution in [0.5, 0.6) is 0 Å². The number of amides is 1. The van der Waals surface area contributed by atoms with Crippen LogP contribution >= 0.6 is 0 Å². The third-order valence-electron chi connectivity index (χ3n) is 5.78. The molecule has 6 nitrogen and oxygen atoms in total. The Hall–Kier alpha value is -1.44. The highest BCUT2D eigenvalue weighted by Gasteiger charge is 2.32. The summed E-state index contributed by atoms with van der Waals surface area (Å²) in [4.78, 5) is 17.5. The Morgan fingerprint density at radius 1 is 1.11 bits per heavy atom. The predicted molar refractivity (Wildman–Crippen MR) is 112 cm³/mol. The molecule has 0 aromatic heterocycles. The van der Waals surface area contributed by atoms with Crippen LogP contribution in [0, 0.1) is 11.8 Å². The number of hydrogen-bond acceptors (Lipinski definition) is 5. The molecule has 0 spiro atoms. The lowest BCUT2D eigenvalue weighted by molar-refractivity contribution is -0.126. The van der Waals surface area contributed by atoms with E-state index < -0.39 is 15.9 Å². The Bertz CT molecular complexity index is 729. The highest BCUT2D eigenvalue weighted by molar-refractivity contribution is 7.91. The van der Waals surface area contributed by atoms with Crippen LogP contribution in [-0.4, -0.2) is 74.9 Å². The number of nitrogens with one attached hydrogen (secondary N) is 1. The molecule has 0 bridgehead atoms. The van der Waals surface area contributed by atoms with Gasteiger partial charge >= 0.3 is 0 Å². The van der Waals surface area contributed by atoms with Crippen molar-refractivity contribution >= 4 is 15.7 Å². The normalized spacial score (nSPS) is 27.2. The van der Waals surface area contributed by atoms with Crippen molar-refractivity contribution in [2.24, 2.45) is 11.8 Å². The lowest BCUT2D eigenvalue weighted by atomic mass is 9.92. The lowest BCUT2D eigenvalue weighted by Gasteiger charge is -2.36. The van der Waals surface area contributed by atoms with Gasteiger partial charge in [-0.1, -0.05) is 44.2 Å². The molecule has 0 aliphatic carbocycles. The molecule has 0 saturated carbocycles. The Kier molecular flexibility index (Phi) is 7.12. The first kappa shape index (κ1) is 21.3. The van der Waals surface area contributed by atoms with E-state index >= 15 is 0 Å². The molecule has 2 aliphatic rings. The van der Waals surface area contributed by atoms with E-state index in [1.165, 1.54) is 6.42 Å². The number of hydrogen-bond donors (Lipinski definition) is 1. The summed E-state index contributed by atoms with van der Waals surface area (Å²) in [5.74, 6) is 1.60. The quantitative estimate of drug-likeness (QED) is 0.775. The van der Waals surface area contributed by atoms with Gasteiger partial charge in [0.1, 0.15) is 6.04 Å². The van der Waals surface area contributed by atoms with E-state index in [0.717, 1.165) is 25.2 Å². The van der Waals surface area contributed by atoms with E-state index in [9.17, 15) is 13.2 Å². The topological polar surface area (TPSA) is 69.7 Å². The van der Waals surface area contributed by atoms with Crippen LogP contribution in [0.3, 0.4) is 0 Å². The van der Waals surface area contributed by atoms with Gasteiger partial charge in [-0.2, -0.15) is 0 Å². The largest absolute Gasteiger partial charge is 0.353 e. The summed E-state index contributed by atoms with van der Waals surface area (Å²) >= 11 is 0. The molecule has 1 N–H and O–H groups in total. The first-order valence-corrected chi connectivity index (χ1v) is 12.2. The minimum Gasteiger partial charge on any atom is -0.353 e. The number of nitrogens with zero attached hydrogens (tertiary/aromatic N) is 2. The fourth-order valence-electron chi connectivity index (χ4n) is 4.56. The Balaban J connectivity index is 1.61. The fourth-order valence-corrected chi connectivity index (χ4v) is 5.79. The molecule has 156 valence electrons. The van der Waals surface area contributed by atoms with Crippen LogP contribution in [0.1, 0.15) is 31.9 Å². The molecule has 1 aromatic rings. The second-order valence-corrected chi connectivity index (χ2v) is 10.8. The molecule has 3 unspecified atom stereocenters. The molecule has 0 radical (unpaired) electrons. The molecule has 7 heteroatoms. The standard InChI is InChI=1S/C21H33N3O3S/c1-17-14-18(2)16-23(15-17)9-8-22-21(25)20(19-6-4-3-5-7-19)24-10-12-28(26,27)13-11-24/h3-7,17-18,20H,8-16H2,1-2H3,(H,22,25). The highest BCUT2D eigenvalue weighted by Crippen LogP contribution is 2.23. The van der Waals surface area contributed by atoms with E-state index in [1.807, 2.05) is 35.2 Å². The predicted octanol–water partition coefficient (Wildman–Crippen LogP) is 1.55. The molecule has 2 aliphatic heterocycles. The van der Waals surface area contributed by atoms with Crippen molar-refractivity contribution in [3.05, 3.63) is 35.9 Å². The van der Waals surface area contributed by atoms with Gasteiger partial charge in [0.15, 0.2) is 9.84 Å². The number of rotatable bonds is 6. The van der Waals surface area contributed by atoms with Gasteiger partial charge in [0.25, 0.3) is 0 Å². The number of carbonyl (C=O) groups is 1. The van der Waals surface area contributed by atoms with E-state index in [0.29, 0.717) is 31.5 Å². The molecule has 2 heterocycles. The third-order valence-corrected chi connectivity index (χ3v) is 7.39. The number of likely N-dealkylation sites (tertiary alicyclic amines) is 1. The number of carbonyl (C=O) groups excluding carboxylic acids is 1. The monoisotopic (exact) mass is 407 g/mol. The maximum absolute atomic E-state index is 13.1. The maximum Gasteiger partial charge on any atom is 0.242 e. The molecule has 2 fully saturated rings. The minimum absolute atomic E-state index is 0.0383. The van der Waals surface area contributed by atoms with Gasteiger partial charge in [0.2, 0.25) is 5.91 Å². The van der Waals surface area contributed by atoms with Crippen molar-refractivity contribution in [2.75, 3.05) is 50.8 Å². The van der Waals surface area contributed by atoms with Gasteiger partial charge in [0.05, 0.1) is 11.5 Å². The van der Waals surface area contributed by atoms with Crippen molar-refractivity contribution in [1.82, 2.24) is 15.1 Å². The Morgan fingerprint density at radius 3 is 2.32 bits per heavy atom. The van der Waals surface area contributed by atoms with Crippen LogP contribution in [0.2, 0.25) is 0 Å². The van der Waals surface area contributed by atoms with E-state index in [-0.39, 0.29) is 17.4 Å². The summed E-state index contributed by atoms with van der Waals surface area (Å²) in [5, 5.41) is 3.10. The van der Waals surface area contributed by atoms with Crippen LogP contribution < -0.4 is 5.32 Å². The van der Waals surface area contributed by atoms with Crippen LogP contribution in [-0.2, 0) is 14.6 Å². The van der Waals surface area contributed by atoms with Gasteiger partial charge < -0.3 is 10.2 Å². The average Bonchev–Trinajstić information content (AvgIpc) is 2.63. The molecular formula is C21H33N3O3S. The molecule has 3 rings (SSSR count). The van der Waals surface area contributed by atoms with Crippen LogP contribution in [0.15, 0.2) is 30.3 Å². The maximum atomic E-state index is 13.1. The highest BCUT2D eigenvalue weighted by atomic mass is 32.2. The zero-order valence-corrected chi connectivity index (χ0v) is 17.8. The van der Waals surface area contributed by atoms with Gasteiger partial charge in [-0.3, -0.25) is 9.69 Å². The van der Waals surface area contributed by atoms with Crippen molar-refractivity contribution in [2.45, 2.75) is 26.3 Å². The van der Waals surface area contributed by atoms with E-state index in [2.05, 4.69) is 24.1 Å². The molecule has 1 amide bonds. The Morgan fingerprint density at radius 2 is 1.71 bits per heavy atom. The van der Waals surface area contributed by atoms with E-state index in [1.54, 1.807) is 0 Å². The van der Waals surface area contributed by atoms with Crippen LogP contribution in [0.25, 0.3) is 0 Å². The fraction of sp³-hybridized carbons (Fsp3) is 0.667. The number of benzene rings is 1. The van der Waals surface area contributed by atoms with Crippen molar-refractivity contribution < 1.29 is 13.2 Å². The van der Waals surface area contributed by atoms with Crippen molar-refractivity contribution in [3.63, 3.8) is 0 Å². The zero-order valence-electron chi connectivity index (χ0n) is 17.0. The first-order valence-electron chi connectivity index (χ1n) is 10.3. The summed E-state index contributed by atoms with van der Waals surface area (Å²) in [6.07, 6.45) is 1.27. The molecular weight excluding hydrogens is 374 g/mol. The summed E-state index contributed by atoms with van der Waals surface area (Å²) in [5.41, 5.74) is 0.916. The molecule has 3 atom stereocenters. The lowest BCUT2D eigenvalue weighted by Crippen LogP contribution is -2.49. The van der Waals surface area contributed by atoms with Crippen molar-refractivity contribution in [1.29, 1.82) is 0 Å². The smallest absolute Gasteiger partial charge is 0.242 e. The average molecular weight is 408 g/mol. The summed E-state index contributed by atoms with van der Waals surface area (Å²) in [6.45, 7) is 9.03. The van der Waals surface area contributed by atoms with Gasteiger partial charge in [-0.15, -0.1) is 0 Å². The van der Waals surface area contributed by atoms with Gasteiger partial charge in [-0.05, 0) is 23.8 Å². The first-order chi connectivity index (χ1) is 13.3. The second kappa shape index (κ2) is 9.37. The molecule has 2 saturated heterocycles. The third kappa shape index (κ3) is 5.78. The minimum atomic E-state index is -2.98. The number of piperidine rings is 1. The summed E-state index contributed by atoms with van der Waals surface area (Å²) < 4.78 is 23.6. The number of sulfone groups is 1. The van der Waals surface area contributed by atoms with Gasteiger partial charge in [-0.25, -0.2) is 8.42 Å². The second-order valence-electron chi connectivity index (χ2n) is 8.50. The van der Waals surface area contributed by atoms with Crippen molar-refractivity contribution in [3.8, 4) is 0 Å². The summed E-state index contributed by atoms with van der Waals surface area (Å²) in [7, 11) is -2.98. The zero-order chi connectivity index (χ0) is 20.1. The van der Waals surface area contributed by atoms with Crippen LogP contribution in [0.4, 0.5) is 0 Å².